The number of aromatic nitrogens is 3. The molecule has 1 atom stereocenters. The van der Waals surface area contributed by atoms with Crippen LogP contribution in [0.3, 0.4) is 0 Å². The van der Waals surface area contributed by atoms with Gasteiger partial charge in [-0.05, 0) is 31.2 Å². The van der Waals surface area contributed by atoms with Gasteiger partial charge in [0.05, 0.1) is 17.8 Å². The van der Waals surface area contributed by atoms with Gasteiger partial charge in [0, 0.05) is 11.7 Å². The molecule has 3 aromatic rings. The van der Waals surface area contributed by atoms with Crippen molar-refractivity contribution in [2.75, 3.05) is 5.32 Å². The number of carbonyl (C=O) groups excluding carboxylic acids is 1. The van der Waals surface area contributed by atoms with Crippen LogP contribution in [0.2, 0.25) is 0 Å². The van der Waals surface area contributed by atoms with Gasteiger partial charge in [-0.15, -0.1) is 0 Å². The quantitative estimate of drug-likeness (QED) is 0.732. The normalized spacial score (nSPS) is 11.7. The Labute approximate surface area is 140 Å². The Hall–Kier alpha value is -3.15. The van der Waals surface area contributed by atoms with Crippen LogP contribution in [0.5, 0.6) is 0 Å². The maximum absolute atomic E-state index is 12.6. The van der Waals surface area contributed by atoms with Gasteiger partial charge in [-0.25, -0.2) is 4.98 Å². The van der Waals surface area contributed by atoms with E-state index in [0.29, 0.717) is 12.1 Å². The number of nitrogens with one attached hydrogen (secondary N) is 2. The van der Waals surface area contributed by atoms with Crippen molar-refractivity contribution in [1.29, 1.82) is 0 Å². The molecule has 6 nitrogen and oxygen atoms in total. The van der Waals surface area contributed by atoms with E-state index in [4.69, 9.17) is 0 Å². The molecular weight excluding hydrogens is 302 g/mol. The second-order valence-electron chi connectivity index (χ2n) is 5.53. The van der Waals surface area contributed by atoms with E-state index in [9.17, 15) is 4.79 Å². The standard InChI is InChI=1S/C18H19N5O/c1-14(11-23-13-19-12-20-23)21-18(24)16-9-5-6-10-17(16)22-15-7-3-2-4-8-15/h2-10,12-14,22H,11H2,1H3,(H,21,24). The van der Waals surface area contributed by atoms with Crippen LogP contribution >= 0.6 is 0 Å². The van der Waals surface area contributed by atoms with E-state index >= 15 is 0 Å². The van der Waals surface area contributed by atoms with E-state index < -0.39 is 0 Å². The number of amides is 1. The van der Waals surface area contributed by atoms with Crippen LogP contribution in [0.25, 0.3) is 0 Å². The molecule has 6 heteroatoms. The van der Waals surface area contributed by atoms with Crippen LogP contribution < -0.4 is 10.6 Å². The summed E-state index contributed by atoms with van der Waals surface area (Å²) in [6.45, 7) is 2.51. The van der Waals surface area contributed by atoms with Crippen molar-refractivity contribution in [2.45, 2.75) is 19.5 Å². The van der Waals surface area contributed by atoms with Crippen LogP contribution in [-0.4, -0.2) is 26.7 Å². The van der Waals surface area contributed by atoms with Gasteiger partial charge in [0.1, 0.15) is 12.7 Å². The molecular formula is C18H19N5O. The first kappa shape index (κ1) is 15.7. The van der Waals surface area contributed by atoms with Gasteiger partial charge in [0.25, 0.3) is 5.91 Å². The molecule has 1 amide bonds. The molecule has 2 aromatic carbocycles. The first-order valence-corrected chi connectivity index (χ1v) is 7.77. The van der Waals surface area contributed by atoms with Crippen molar-refractivity contribution in [1.82, 2.24) is 20.1 Å². The van der Waals surface area contributed by atoms with Crippen molar-refractivity contribution >= 4 is 17.3 Å². The van der Waals surface area contributed by atoms with Crippen LogP contribution in [0.15, 0.2) is 67.3 Å². The van der Waals surface area contributed by atoms with Gasteiger partial charge in [-0.1, -0.05) is 30.3 Å². The zero-order valence-corrected chi connectivity index (χ0v) is 13.4. The summed E-state index contributed by atoms with van der Waals surface area (Å²) in [6, 6.07) is 17.2. The first-order chi connectivity index (χ1) is 11.7. The van der Waals surface area contributed by atoms with Gasteiger partial charge in [0.15, 0.2) is 0 Å². The summed E-state index contributed by atoms with van der Waals surface area (Å²) in [6.07, 6.45) is 3.11. The topological polar surface area (TPSA) is 71.8 Å². The molecule has 1 aromatic heterocycles. The molecule has 0 spiro atoms. The molecule has 0 bridgehead atoms. The fourth-order valence-corrected chi connectivity index (χ4v) is 2.42. The number of benzene rings is 2. The maximum Gasteiger partial charge on any atom is 0.253 e. The molecule has 1 unspecified atom stereocenters. The molecule has 0 fully saturated rings. The highest BCUT2D eigenvalue weighted by Gasteiger charge is 2.14. The lowest BCUT2D eigenvalue weighted by Gasteiger charge is -2.16. The van der Waals surface area contributed by atoms with Gasteiger partial charge in [-0.2, -0.15) is 5.10 Å². The Bertz CT molecular complexity index is 786. The first-order valence-electron chi connectivity index (χ1n) is 7.77. The van der Waals surface area contributed by atoms with Crippen molar-refractivity contribution in [2.24, 2.45) is 0 Å². The lowest BCUT2D eigenvalue weighted by molar-refractivity contribution is 0.0937. The monoisotopic (exact) mass is 321 g/mol. The molecule has 0 aliphatic carbocycles. The maximum atomic E-state index is 12.6. The number of anilines is 2. The molecule has 0 aliphatic heterocycles. The van der Waals surface area contributed by atoms with E-state index in [1.807, 2.05) is 61.5 Å². The Balaban J connectivity index is 1.70. The smallest absolute Gasteiger partial charge is 0.253 e. The minimum atomic E-state index is -0.123. The largest absolute Gasteiger partial charge is 0.355 e. The van der Waals surface area contributed by atoms with Crippen LogP contribution in [0, 0.1) is 0 Å². The van der Waals surface area contributed by atoms with E-state index in [2.05, 4.69) is 20.7 Å². The Morgan fingerprint density at radius 1 is 1.12 bits per heavy atom. The van der Waals surface area contributed by atoms with E-state index in [-0.39, 0.29) is 11.9 Å². The highest BCUT2D eigenvalue weighted by Crippen LogP contribution is 2.20. The number of nitrogens with zero attached hydrogens (tertiary/aromatic N) is 3. The van der Waals surface area contributed by atoms with Crippen molar-refractivity contribution in [3.05, 3.63) is 72.8 Å². The van der Waals surface area contributed by atoms with Gasteiger partial charge in [-0.3, -0.25) is 9.48 Å². The number of hydrogen-bond donors (Lipinski definition) is 2. The Morgan fingerprint density at radius 2 is 1.88 bits per heavy atom. The SMILES string of the molecule is CC(Cn1cncn1)NC(=O)c1ccccc1Nc1ccccc1. The Morgan fingerprint density at radius 3 is 2.62 bits per heavy atom. The lowest BCUT2D eigenvalue weighted by atomic mass is 10.1. The average Bonchev–Trinajstić information content (AvgIpc) is 3.09. The summed E-state index contributed by atoms with van der Waals surface area (Å²) in [5.41, 5.74) is 2.31. The molecule has 2 N–H and O–H groups in total. The molecule has 3 rings (SSSR count). The lowest BCUT2D eigenvalue weighted by Crippen LogP contribution is -2.36. The van der Waals surface area contributed by atoms with E-state index in [1.54, 1.807) is 11.0 Å². The molecule has 0 saturated heterocycles. The summed E-state index contributed by atoms with van der Waals surface area (Å²) in [4.78, 5) is 16.5. The third-order valence-corrected chi connectivity index (χ3v) is 3.53. The summed E-state index contributed by atoms with van der Waals surface area (Å²) in [5.74, 6) is -0.123. The summed E-state index contributed by atoms with van der Waals surface area (Å²) >= 11 is 0. The van der Waals surface area contributed by atoms with E-state index in [0.717, 1.165) is 11.4 Å². The van der Waals surface area contributed by atoms with Crippen LogP contribution in [0.1, 0.15) is 17.3 Å². The summed E-state index contributed by atoms with van der Waals surface area (Å²) in [5, 5.41) is 10.3. The van der Waals surface area contributed by atoms with Crippen LogP contribution in [-0.2, 0) is 6.54 Å². The fraction of sp³-hybridized carbons (Fsp3) is 0.167. The molecule has 122 valence electrons. The van der Waals surface area contributed by atoms with Gasteiger partial charge >= 0.3 is 0 Å². The number of para-hydroxylation sites is 2. The minimum Gasteiger partial charge on any atom is -0.355 e. The Kier molecular flexibility index (Phi) is 4.86. The zero-order chi connectivity index (χ0) is 16.8. The van der Waals surface area contributed by atoms with Crippen molar-refractivity contribution < 1.29 is 4.79 Å². The number of carbonyl (C=O) groups is 1. The third kappa shape index (κ3) is 3.98. The summed E-state index contributed by atoms with van der Waals surface area (Å²) in [7, 11) is 0. The highest BCUT2D eigenvalue weighted by atomic mass is 16.1. The van der Waals surface area contributed by atoms with Gasteiger partial charge < -0.3 is 10.6 Å². The average molecular weight is 321 g/mol. The molecule has 24 heavy (non-hydrogen) atoms. The molecule has 1 heterocycles. The minimum absolute atomic E-state index is 0.0658. The van der Waals surface area contributed by atoms with Gasteiger partial charge in [0.2, 0.25) is 0 Å². The number of rotatable bonds is 6. The fourth-order valence-electron chi connectivity index (χ4n) is 2.42. The zero-order valence-electron chi connectivity index (χ0n) is 13.4. The predicted octanol–water partition coefficient (Wildman–Crippen LogP) is 2.84. The highest BCUT2D eigenvalue weighted by molar-refractivity contribution is 6.00. The van der Waals surface area contributed by atoms with Crippen LogP contribution in [0.4, 0.5) is 11.4 Å². The predicted molar refractivity (Wildman–Crippen MR) is 93.1 cm³/mol. The van der Waals surface area contributed by atoms with Crippen molar-refractivity contribution in [3.63, 3.8) is 0 Å². The molecule has 0 saturated carbocycles. The molecule has 0 radical (unpaired) electrons. The third-order valence-electron chi connectivity index (χ3n) is 3.53. The number of hydrogen-bond acceptors (Lipinski definition) is 4. The second-order valence-corrected chi connectivity index (χ2v) is 5.53. The second kappa shape index (κ2) is 7.41. The summed E-state index contributed by atoms with van der Waals surface area (Å²) < 4.78 is 1.69. The van der Waals surface area contributed by atoms with Crippen molar-refractivity contribution in [3.8, 4) is 0 Å². The molecule has 0 aliphatic rings. The van der Waals surface area contributed by atoms with E-state index in [1.165, 1.54) is 6.33 Å².